The number of benzene rings is 2. The van der Waals surface area contributed by atoms with Crippen LogP contribution in [0.2, 0.25) is 0 Å². The van der Waals surface area contributed by atoms with Crippen LogP contribution in [0.4, 0.5) is 11.4 Å². The number of aliphatic hydroxyl groups excluding tert-OH is 1. The molecule has 1 N–H and O–H groups in total. The molecule has 4 heteroatoms. The molecule has 0 saturated heterocycles. The highest BCUT2D eigenvalue weighted by Crippen LogP contribution is 2.47. The number of anilines is 1. The average molecular weight is 534 g/mol. The molecular formula is C36H41N2O2+. The number of hydrogen-bond acceptors (Lipinski definition) is 3. The fraction of sp³-hybridized carbons (Fsp3) is 0.333. The summed E-state index contributed by atoms with van der Waals surface area (Å²) in [6.07, 6.45) is 10.4. The standard InChI is InChI=1S/C36H40N2O2/c1-23(39)33(24(2)40)34-25(19-21-31-35(3,4)27-13-9-11-15-29(27)37(31)7)17-18-26(34)20-22-32-36(5,6)28-14-10-12-16-30(28)38(32)8/h9-16,19-22H,17-18H2,1-8H3/p+1/b25-19+,31-21+. The van der Waals surface area contributed by atoms with Gasteiger partial charge in [0.2, 0.25) is 5.69 Å². The second-order valence-corrected chi connectivity index (χ2v) is 12.3. The zero-order chi connectivity index (χ0) is 29.0. The minimum atomic E-state index is -0.135. The molecule has 0 aromatic heterocycles. The van der Waals surface area contributed by atoms with Gasteiger partial charge in [-0.15, -0.1) is 0 Å². The van der Waals surface area contributed by atoms with Gasteiger partial charge in [-0.3, -0.25) is 4.79 Å². The molecule has 206 valence electrons. The van der Waals surface area contributed by atoms with Gasteiger partial charge in [-0.05, 0) is 75.0 Å². The van der Waals surface area contributed by atoms with E-state index in [1.54, 1.807) is 13.8 Å². The van der Waals surface area contributed by atoms with E-state index in [0.717, 1.165) is 29.6 Å². The normalized spacial score (nSPS) is 22.1. The summed E-state index contributed by atoms with van der Waals surface area (Å²) >= 11 is 0. The van der Waals surface area contributed by atoms with Gasteiger partial charge < -0.3 is 10.0 Å². The number of Topliss-reactive ketones (excluding diaryl/α,β-unsaturated/α-hetero) is 1. The van der Waals surface area contributed by atoms with Gasteiger partial charge in [0.1, 0.15) is 12.8 Å². The lowest BCUT2D eigenvalue weighted by Gasteiger charge is -2.24. The Morgan fingerprint density at radius 3 is 2.17 bits per heavy atom. The molecule has 2 aliphatic heterocycles. The maximum Gasteiger partial charge on any atom is 0.209 e. The molecule has 2 heterocycles. The molecule has 5 rings (SSSR count). The Labute approximate surface area is 239 Å². The van der Waals surface area contributed by atoms with Crippen molar-refractivity contribution in [1.29, 1.82) is 0 Å². The number of hydrogen-bond donors (Lipinski definition) is 1. The van der Waals surface area contributed by atoms with Gasteiger partial charge in [0.25, 0.3) is 0 Å². The van der Waals surface area contributed by atoms with Crippen molar-refractivity contribution in [2.24, 2.45) is 0 Å². The van der Waals surface area contributed by atoms with E-state index in [0.29, 0.717) is 5.57 Å². The average Bonchev–Trinajstić information content (AvgIpc) is 3.44. The Balaban J connectivity index is 1.60. The number of fused-ring (bicyclic) bond motifs is 2. The van der Waals surface area contributed by atoms with Crippen LogP contribution >= 0.6 is 0 Å². The lowest BCUT2D eigenvalue weighted by atomic mass is 9.81. The Kier molecular flexibility index (Phi) is 6.86. The van der Waals surface area contributed by atoms with Gasteiger partial charge in [-0.1, -0.05) is 62.4 Å². The maximum absolute atomic E-state index is 12.9. The van der Waals surface area contributed by atoms with E-state index in [4.69, 9.17) is 0 Å². The first-order valence-electron chi connectivity index (χ1n) is 14.1. The lowest BCUT2D eigenvalue weighted by molar-refractivity contribution is -0.401. The van der Waals surface area contributed by atoms with Gasteiger partial charge in [0, 0.05) is 41.6 Å². The third kappa shape index (κ3) is 4.30. The molecule has 0 saturated carbocycles. The van der Waals surface area contributed by atoms with Crippen molar-refractivity contribution < 1.29 is 14.5 Å². The van der Waals surface area contributed by atoms with Crippen molar-refractivity contribution >= 4 is 22.9 Å². The number of para-hydroxylation sites is 2. The van der Waals surface area contributed by atoms with Crippen LogP contribution in [0.1, 0.15) is 65.5 Å². The number of rotatable bonds is 5. The molecule has 0 bridgehead atoms. The summed E-state index contributed by atoms with van der Waals surface area (Å²) in [7, 11) is 4.23. The number of likely N-dealkylation sites (N-methyl/N-ethyl adjacent to an activating group) is 1. The molecule has 0 spiro atoms. The van der Waals surface area contributed by atoms with Crippen molar-refractivity contribution in [3.05, 3.63) is 118 Å². The monoisotopic (exact) mass is 533 g/mol. The van der Waals surface area contributed by atoms with E-state index in [2.05, 4.69) is 124 Å². The Bertz CT molecular complexity index is 1600. The van der Waals surface area contributed by atoms with Gasteiger partial charge >= 0.3 is 0 Å². The number of aliphatic hydroxyl groups is 1. The van der Waals surface area contributed by atoms with E-state index >= 15 is 0 Å². The van der Waals surface area contributed by atoms with E-state index in [9.17, 15) is 9.90 Å². The first-order valence-corrected chi connectivity index (χ1v) is 14.1. The van der Waals surface area contributed by atoms with E-state index in [1.807, 2.05) is 0 Å². The summed E-state index contributed by atoms with van der Waals surface area (Å²) in [4.78, 5) is 15.1. The molecular weight excluding hydrogens is 492 g/mol. The third-order valence-electron chi connectivity index (χ3n) is 9.04. The van der Waals surface area contributed by atoms with Crippen molar-refractivity contribution in [2.75, 3.05) is 19.0 Å². The summed E-state index contributed by atoms with van der Waals surface area (Å²) in [6, 6.07) is 17.1. The minimum absolute atomic E-state index is 0.0675. The Hall–Kier alpha value is -3.92. The van der Waals surface area contributed by atoms with Crippen LogP contribution in [-0.4, -0.2) is 35.3 Å². The SMILES string of the molecule is CC(=O)C(=C(C)O)C1=C(/C=C/C2=[N+](C)c3ccccc3C2(C)C)CC/C1=C\C=C1\N(C)c2ccccc2C1(C)C. The molecule has 2 aromatic carbocycles. The summed E-state index contributed by atoms with van der Waals surface area (Å²) in [5, 5.41) is 10.7. The molecule has 2 aromatic rings. The molecule has 0 atom stereocenters. The summed E-state index contributed by atoms with van der Waals surface area (Å²) in [6.45, 7) is 12.2. The predicted octanol–water partition coefficient (Wildman–Crippen LogP) is 8.00. The van der Waals surface area contributed by atoms with Crippen LogP contribution in [-0.2, 0) is 15.6 Å². The van der Waals surface area contributed by atoms with Gasteiger partial charge in [0.05, 0.1) is 11.0 Å². The lowest BCUT2D eigenvalue weighted by Crippen LogP contribution is -2.26. The number of carbonyl (C=O) groups is 1. The highest BCUT2D eigenvalue weighted by atomic mass is 16.3. The van der Waals surface area contributed by atoms with Crippen LogP contribution in [0.15, 0.2) is 107 Å². The van der Waals surface area contributed by atoms with Gasteiger partial charge in [-0.25, -0.2) is 0 Å². The fourth-order valence-electron chi connectivity index (χ4n) is 6.95. The zero-order valence-electron chi connectivity index (χ0n) is 25.1. The van der Waals surface area contributed by atoms with Gasteiger partial charge in [0.15, 0.2) is 11.5 Å². The summed E-state index contributed by atoms with van der Waals surface area (Å²) in [5.74, 6) is -0.0524. The van der Waals surface area contributed by atoms with Crippen LogP contribution in [0, 0.1) is 0 Å². The number of carbonyl (C=O) groups excluding carboxylic acids is 1. The Morgan fingerprint density at radius 2 is 1.55 bits per heavy atom. The van der Waals surface area contributed by atoms with E-state index < -0.39 is 0 Å². The van der Waals surface area contributed by atoms with Crippen LogP contribution in [0.25, 0.3) is 0 Å². The highest BCUT2D eigenvalue weighted by molar-refractivity contribution is 6.04. The fourth-order valence-corrected chi connectivity index (χ4v) is 6.95. The van der Waals surface area contributed by atoms with Crippen molar-refractivity contribution in [3.8, 4) is 0 Å². The first-order chi connectivity index (χ1) is 18.9. The van der Waals surface area contributed by atoms with E-state index in [-0.39, 0.29) is 22.4 Å². The third-order valence-corrected chi connectivity index (χ3v) is 9.04. The first kappa shape index (κ1) is 27.6. The number of allylic oxidation sites excluding steroid dienone is 10. The number of ketones is 1. The molecule has 1 aliphatic carbocycles. The highest BCUT2D eigenvalue weighted by Gasteiger charge is 2.43. The molecule has 40 heavy (non-hydrogen) atoms. The molecule has 3 aliphatic rings. The van der Waals surface area contributed by atoms with Crippen molar-refractivity contribution in [2.45, 2.75) is 65.2 Å². The molecule has 0 fully saturated rings. The van der Waals surface area contributed by atoms with Crippen LogP contribution in [0.5, 0.6) is 0 Å². The molecule has 4 nitrogen and oxygen atoms in total. The second kappa shape index (κ2) is 9.92. The predicted molar refractivity (Wildman–Crippen MR) is 166 cm³/mol. The molecule has 0 radical (unpaired) electrons. The Morgan fingerprint density at radius 1 is 0.900 bits per heavy atom. The topological polar surface area (TPSA) is 43.5 Å². The largest absolute Gasteiger partial charge is 0.512 e. The summed E-state index contributed by atoms with van der Waals surface area (Å²) < 4.78 is 2.26. The smallest absolute Gasteiger partial charge is 0.209 e. The zero-order valence-corrected chi connectivity index (χ0v) is 25.1. The van der Waals surface area contributed by atoms with E-state index in [1.165, 1.54) is 33.9 Å². The van der Waals surface area contributed by atoms with Crippen molar-refractivity contribution in [3.63, 3.8) is 0 Å². The van der Waals surface area contributed by atoms with Crippen molar-refractivity contribution in [1.82, 2.24) is 0 Å². The maximum atomic E-state index is 12.9. The minimum Gasteiger partial charge on any atom is -0.512 e. The molecule has 0 amide bonds. The number of nitrogens with zero attached hydrogens (tertiary/aromatic N) is 2. The summed E-state index contributed by atoms with van der Waals surface area (Å²) in [5.41, 5.74) is 10.7. The molecule has 0 unspecified atom stereocenters. The van der Waals surface area contributed by atoms with Gasteiger partial charge in [-0.2, -0.15) is 4.58 Å². The second-order valence-electron chi connectivity index (χ2n) is 12.3. The van der Waals surface area contributed by atoms with Crippen LogP contribution < -0.4 is 4.90 Å². The quantitative estimate of drug-likeness (QED) is 0.241. The van der Waals surface area contributed by atoms with Crippen LogP contribution in [0.3, 0.4) is 0 Å².